The Morgan fingerprint density at radius 1 is 0.857 bits per heavy atom. The predicted molar refractivity (Wildman–Crippen MR) is 156 cm³/mol. The average molecular weight is 590 g/mol. The molecule has 1 aromatic rings. The number of carboxylic acid groups (broad SMARTS) is 1. The van der Waals surface area contributed by atoms with Crippen LogP contribution in [-0.4, -0.2) is 91.0 Å². The van der Waals surface area contributed by atoms with Gasteiger partial charge in [-0.3, -0.25) is 29.0 Å². The summed E-state index contributed by atoms with van der Waals surface area (Å²) in [6.45, 7) is 0.682. The van der Waals surface area contributed by atoms with Crippen LogP contribution in [0.15, 0.2) is 35.3 Å². The number of nitrogens with one attached hydrogen (secondary N) is 5. The Kier molecular flexibility index (Phi) is 14.8. The van der Waals surface area contributed by atoms with Crippen LogP contribution >= 0.6 is 0 Å². The summed E-state index contributed by atoms with van der Waals surface area (Å²) in [6, 6.07) is 4.94. The van der Waals surface area contributed by atoms with Crippen molar-refractivity contribution in [2.75, 3.05) is 26.2 Å². The smallest absolute Gasteiger partial charge is 0.305 e. The zero-order valence-electron chi connectivity index (χ0n) is 23.6. The van der Waals surface area contributed by atoms with Gasteiger partial charge in [-0.05, 0) is 44.2 Å². The molecule has 1 aliphatic heterocycles. The molecular formula is C27H43N9O6. The Morgan fingerprint density at radius 3 is 2.19 bits per heavy atom. The van der Waals surface area contributed by atoms with E-state index in [9.17, 15) is 29.1 Å². The molecule has 1 heterocycles. The number of aliphatic carboxylic acids is 1. The van der Waals surface area contributed by atoms with Crippen molar-refractivity contribution in [2.24, 2.45) is 22.2 Å². The van der Waals surface area contributed by atoms with E-state index in [1.165, 1.54) is 0 Å². The number of guanidine groups is 1. The molecule has 0 spiro atoms. The van der Waals surface area contributed by atoms with Gasteiger partial charge in [0.2, 0.25) is 23.6 Å². The fourth-order valence-electron chi connectivity index (χ4n) is 4.43. The Labute approximate surface area is 244 Å². The first kappa shape index (κ1) is 34.0. The zero-order chi connectivity index (χ0) is 30.9. The number of nitrogens with two attached hydrogens (primary N) is 3. The van der Waals surface area contributed by atoms with Crippen molar-refractivity contribution in [1.29, 1.82) is 0 Å². The predicted octanol–water partition coefficient (Wildman–Crippen LogP) is -2.57. The molecule has 1 fully saturated rings. The molecule has 0 aliphatic carbocycles. The normalized spacial score (nSPS) is 22.4. The number of carboxylic acids is 1. The first-order valence-corrected chi connectivity index (χ1v) is 14.0. The second-order valence-electron chi connectivity index (χ2n) is 10.1. The van der Waals surface area contributed by atoms with Gasteiger partial charge in [-0.2, -0.15) is 0 Å². The van der Waals surface area contributed by atoms with E-state index in [1.54, 1.807) is 30.3 Å². The standard InChI is InChI=1S/C27H43N9O6/c28-11-5-4-10-19-24(40)33-18(9-6-12-32-27(29)30)15-31-16-22(37)34-21(14-23(38)39)26(42)36-20(25(41)35-19)13-17-7-2-1-3-8-17/h1-3,7-8,18-21,31H,4-6,9-16,28H2,(H,33,40)(H,34,37)(H,35,41)(H,36,42)(H,38,39)(H4,29,30,32)/t18-,19-,20+,21-/m0/s1. The molecule has 42 heavy (non-hydrogen) atoms. The highest BCUT2D eigenvalue weighted by molar-refractivity contribution is 5.96. The molecule has 0 saturated carbocycles. The highest BCUT2D eigenvalue weighted by atomic mass is 16.4. The van der Waals surface area contributed by atoms with E-state index in [1.807, 2.05) is 0 Å². The van der Waals surface area contributed by atoms with E-state index >= 15 is 0 Å². The number of benzene rings is 1. The van der Waals surface area contributed by atoms with Crippen LogP contribution in [0, 0.1) is 0 Å². The largest absolute Gasteiger partial charge is 0.481 e. The van der Waals surface area contributed by atoms with Crippen LogP contribution in [0.1, 0.15) is 44.1 Å². The highest BCUT2D eigenvalue weighted by Gasteiger charge is 2.31. The summed E-state index contributed by atoms with van der Waals surface area (Å²) in [6.07, 6.45) is 1.87. The van der Waals surface area contributed by atoms with E-state index in [2.05, 4.69) is 31.6 Å². The first-order chi connectivity index (χ1) is 20.1. The Bertz CT molecular complexity index is 1080. The van der Waals surface area contributed by atoms with E-state index < -0.39 is 60.2 Å². The minimum absolute atomic E-state index is 0.0530. The lowest BCUT2D eigenvalue weighted by Gasteiger charge is -2.26. The maximum Gasteiger partial charge on any atom is 0.305 e. The SMILES string of the molecule is NCCCC[C@@H]1NC(=O)[C@@H](Cc2ccccc2)NC(=O)[C@H](CC(=O)O)NC(=O)CNC[C@H](CCCN=C(N)N)NC1=O. The number of rotatable bonds is 12. The van der Waals surface area contributed by atoms with Gasteiger partial charge >= 0.3 is 5.97 Å². The maximum atomic E-state index is 13.6. The molecule has 0 radical (unpaired) electrons. The van der Waals surface area contributed by atoms with Crippen LogP contribution in [0.3, 0.4) is 0 Å². The molecule has 4 atom stereocenters. The van der Waals surface area contributed by atoms with Crippen molar-refractivity contribution >= 4 is 35.6 Å². The fourth-order valence-corrected chi connectivity index (χ4v) is 4.43. The minimum atomic E-state index is -1.43. The number of carbonyl (C=O) groups is 5. The molecule has 0 aromatic heterocycles. The average Bonchev–Trinajstić information content (AvgIpc) is 2.93. The highest BCUT2D eigenvalue weighted by Crippen LogP contribution is 2.08. The first-order valence-electron chi connectivity index (χ1n) is 14.0. The second kappa shape index (κ2) is 18.2. The number of aliphatic imine (C=N–C) groups is 1. The van der Waals surface area contributed by atoms with Crippen LogP contribution in [0.25, 0.3) is 0 Å². The molecule has 1 aromatic carbocycles. The van der Waals surface area contributed by atoms with Crippen molar-refractivity contribution in [1.82, 2.24) is 26.6 Å². The third-order valence-corrected chi connectivity index (χ3v) is 6.55. The van der Waals surface area contributed by atoms with Crippen LogP contribution in [0.5, 0.6) is 0 Å². The molecule has 15 heteroatoms. The van der Waals surface area contributed by atoms with Gasteiger partial charge in [-0.15, -0.1) is 0 Å². The molecule has 1 aliphatic rings. The number of hydrogen-bond donors (Lipinski definition) is 9. The van der Waals surface area contributed by atoms with Gasteiger partial charge in [0.05, 0.1) is 13.0 Å². The lowest BCUT2D eigenvalue weighted by atomic mass is 10.0. The quantitative estimate of drug-likeness (QED) is 0.0699. The van der Waals surface area contributed by atoms with Gasteiger partial charge in [0, 0.05) is 25.6 Å². The van der Waals surface area contributed by atoms with Crippen molar-refractivity contribution < 1.29 is 29.1 Å². The zero-order valence-corrected chi connectivity index (χ0v) is 23.6. The molecule has 15 nitrogen and oxygen atoms in total. The lowest BCUT2D eigenvalue weighted by molar-refractivity contribution is -0.141. The Morgan fingerprint density at radius 2 is 1.52 bits per heavy atom. The molecule has 2 rings (SSSR count). The molecular weight excluding hydrogens is 546 g/mol. The Hall–Kier alpha value is -4.24. The summed E-state index contributed by atoms with van der Waals surface area (Å²) >= 11 is 0. The van der Waals surface area contributed by atoms with Crippen molar-refractivity contribution in [3.05, 3.63) is 35.9 Å². The number of hydrogen-bond acceptors (Lipinski definition) is 8. The minimum Gasteiger partial charge on any atom is -0.481 e. The lowest BCUT2D eigenvalue weighted by Crippen LogP contribution is -2.58. The van der Waals surface area contributed by atoms with Gasteiger partial charge in [-0.1, -0.05) is 30.3 Å². The van der Waals surface area contributed by atoms with Crippen molar-refractivity contribution in [2.45, 2.75) is 69.1 Å². The van der Waals surface area contributed by atoms with Crippen LogP contribution in [0.2, 0.25) is 0 Å². The summed E-state index contributed by atoms with van der Waals surface area (Å²) in [7, 11) is 0. The third-order valence-electron chi connectivity index (χ3n) is 6.55. The Balaban J connectivity index is 2.38. The number of nitrogens with zero attached hydrogens (tertiary/aromatic N) is 1. The molecule has 0 bridgehead atoms. The van der Waals surface area contributed by atoms with Gasteiger partial charge in [0.25, 0.3) is 0 Å². The van der Waals surface area contributed by atoms with Crippen molar-refractivity contribution in [3.63, 3.8) is 0 Å². The van der Waals surface area contributed by atoms with Crippen molar-refractivity contribution in [3.8, 4) is 0 Å². The van der Waals surface area contributed by atoms with Gasteiger partial charge < -0.3 is 48.9 Å². The fraction of sp³-hybridized carbons (Fsp3) is 0.556. The molecule has 12 N–H and O–H groups in total. The number of carbonyl (C=O) groups excluding carboxylic acids is 4. The van der Waals surface area contributed by atoms with Crippen LogP contribution in [0.4, 0.5) is 0 Å². The monoisotopic (exact) mass is 589 g/mol. The van der Waals surface area contributed by atoms with Crippen LogP contribution < -0.4 is 43.8 Å². The summed E-state index contributed by atoms with van der Waals surface area (Å²) in [4.78, 5) is 68.2. The number of unbranched alkanes of at least 4 members (excludes halogenated alkanes) is 1. The summed E-state index contributed by atoms with van der Waals surface area (Å²) in [5, 5.41) is 23.0. The summed E-state index contributed by atoms with van der Waals surface area (Å²) in [5.41, 5.74) is 17.1. The molecule has 0 unspecified atom stereocenters. The van der Waals surface area contributed by atoms with Gasteiger partial charge in [0.1, 0.15) is 18.1 Å². The molecule has 4 amide bonds. The van der Waals surface area contributed by atoms with E-state index in [-0.39, 0.29) is 25.5 Å². The summed E-state index contributed by atoms with van der Waals surface area (Å²) < 4.78 is 0. The second-order valence-corrected chi connectivity index (χ2v) is 10.1. The molecule has 232 valence electrons. The van der Waals surface area contributed by atoms with Gasteiger partial charge in [0.15, 0.2) is 5.96 Å². The number of amides is 4. The van der Waals surface area contributed by atoms with E-state index in [4.69, 9.17) is 17.2 Å². The maximum absolute atomic E-state index is 13.6. The van der Waals surface area contributed by atoms with Crippen LogP contribution in [-0.2, 0) is 30.4 Å². The van der Waals surface area contributed by atoms with Gasteiger partial charge in [-0.25, -0.2) is 0 Å². The van der Waals surface area contributed by atoms with E-state index in [0.717, 1.165) is 5.56 Å². The third kappa shape index (κ3) is 13.0. The van der Waals surface area contributed by atoms with E-state index in [0.29, 0.717) is 45.2 Å². The topological polar surface area (TPSA) is 256 Å². The summed E-state index contributed by atoms with van der Waals surface area (Å²) in [5.74, 6) is -3.87. The molecule has 1 saturated heterocycles.